The Kier molecular flexibility index (Phi) is 7.67. The molecule has 4 nitrogen and oxygen atoms in total. The fraction of sp³-hybridized carbons (Fsp3) is 0.600. The molecule has 0 aliphatic heterocycles. The summed E-state index contributed by atoms with van der Waals surface area (Å²) in [5.74, 6) is 0.491. The van der Waals surface area contributed by atoms with E-state index in [0.717, 1.165) is 11.1 Å². The molecule has 0 saturated heterocycles. The Balaban J connectivity index is 2.14. The van der Waals surface area contributed by atoms with Crippen molar-refractivity contribution in [2.24, 2.45) is 5.92 Å². The molecule has 0 saturated carbocycles. The Hall–Kier alpha value is -0.940. The Morgan fingerprint density at radius 2 is 1.74 bits per heavy atom. The quantitative estimate of drug-likeness (QED) is 0.631. The van der Waals surface area contributed by atoms with E-state index in [0.29, 0.717) is 32.2 Å². The van der Waals surface area contributed by atoms with Gasteiger partial charge in [0.05, 0.1) is 19.3 Å². The molecular weight excluding hydrogens is 242 g/mol. The molecule has 108 valence electrons. The second-order valence-corrected chi connectivity index (χ2v) is 5.19. The van der Waals surface area contributed by atoms with Crippen LogP contribution < -0.4 is 5.32 Å². The summed E-state index contributed by atoms with van der Waals surface area (Å²) in [6, 6.07) is 7.75. The molecule has 1 unspecified atom stereocenters. The lowest BCUT2D eigenvalue weighted by Gasteiger charge is -2.13. The first-order valence-corrected chi connectivity index (χ1v) is 6.77. The van der Waals surface area contributed by atoms with E-state index in [9.17, 15) is 5.11 Å². The molecule has 3 N–H and O–H groups in total. The summed E-state index contributed by atoms with van der Waals surface area (Å²) in [6.45, 7) is 6.50. The molecule has 1 rings (SSSR count). The van der Waals surface area contributed by atoms with E-state index in [1.807, 2.05) is 24.3 Å². The standard InChI is InChI=1S/C15H25NO3/c1-12(2)10-19-11-15(18)8-16-7-13-3-5-14(9-17)6-4-13/h3-6,12,15-18H,7-11H2,1-2H3. The normalized spacial score (nSPS) is 12.9. The van der Waals surface area contributed by atoms with E-state index in [4.69, 9.17) is 9.84 Å². The van der Waals surface area contributed by atoms with Crippen molar-refractivity contribution in [1.29, 1.82) is 0 Å². The molecule has 19 heavy (non-hydrogen) atoms. The number of ether oxygens (including phenoxy) is 1. The zero-order valence-electron chi connectivity index (χ0n) is 11.8. The van der Waals surface area contributed by atoms with E-state index in [1.165, 1.54) is 0 Å². The van der Waals surface area contributed by atoms with Gasteiger partial charge in [0, 0.05) is 19.7 Å². The van der Waals surface area contributed by atoms with Crippen LogP contribution in [-0.4, -0.2) is 36.1 Å². The maximum absolute atomic E-state index is 9.70. The van der Waals surface area contributed by atoms with Gasteiger partial charge in [-0.15, -0.1) is 0 Å². The Labute approximate surface area is 115 Å². The molecule has 0 fully saturated rings. The lowest BCUT2D eigenvalue weighted by atomic mass is 10.1. The molecule has 0 heterocycles. The zero-order chi connectivity index (χ0) is 14.1. The van der Waals surface area contributed by atoms with Gasteiger partial charge in [0.25, 0.3) is 0 Å². The highest BCUT2D eigenvalue weighted by Crippen LogP contribution is 2.04. The van der Waals surface area contributed by atoms with Crippen LogP contribution in [0.15, 0.2) is 24.3 Å². The van der Waals surface area contributed by atoms with Crippen LogP contribution >= 0.6 is 0 Å². The van der Waals surface area contributed by atoms with Crippen LogP contribution in [0.25, 0.3) is 0 Å². The van der Waals surface area contributed by atoms with Crippen molar-refractivity contribution < 1.29 is 14.9 Å². The van der Waals surface area contributed by atoms with E-state index in [2.05, 4.69) is 19.2 Å². The predicted molar refractivity (Wildman–Crippen MR) is 75.7 cm³/mol. The molecule has 1 atom stereocenters. The maximum atomic E-state index is 9.70. The molecule has 0 aliphatic carbocycles. The largest absolute Gasteiger partial charge is 0.392 e. The van der Waals surface area contributed by atoms with Crippen LogP contribution in [-0.2, 0) is 17.9 Å². The minimum absolute atomic E-state index is 0.0691. The summed E-state index contributed by atoms with van der Waals surface area (Å²) >= 11 is 0. The monoisotopic (exact) mass is 267 g/mol. The minimum atomic E-state index is -0.476. The first-order chi connectivity index (χ1) is 9.11. The van der Waals surface area contributed by atoms with Gasteiger partial charge in [0.2, 0.25) is 0 Å². The van der Waals surface area contributed by atoms with Gasteiger partial charge in [-0.05, 0) is 17.0 Å². The second-order valence-electron chi connectivity index (χ2n) is 5.19. The molecule has 0 bridgehead atoms. The molecule has 0 radical (unpaired) electrons. The van der Waals surface area contributed by atoms with Crippen LogP contribution in [0.3, 0.4) is 0 Å². The van der Waals surface area contributed by atoms with Crippen molar-refractivity contribution in [3.8, 4) is 0 Å². The topological polar surface area (TPSA) is 61.7 Å². The summed E-state index contributed by atoms with van der Waals surface area (Å²) in [4.78, 5) is 0. The fourth-order valence-electron chi connectivity index (χ4n) is 1.64. The van der Waals surface area contributed by atoms with Crippen LogP contribution in [0.2, 0.25) is 0 Å². The first-order valence-electron chi connectivity index (χ1n) is 6.77. The Morgan fingerprint density at radius 3 is 2.32 bits per heavy atom. The van der Waals surface area contributed by atoms with Gasteiger partial charge in [0.15, 0.2) is 0 Å². The smallest absolute Gasteiger partial charge is 0.0897 e. The lowest BCUT2D eigenvalue weighted by Crippen LogP contribution is -2.30. The number of hydrogen-bond acceptors (Lipinski definition) is 4. The van der Waals surface area contributed by atoms with Gasteiger partial charge in [0.1, 0.15) is 0 Å². The third-order valence-corrected chi connectivity index (χ3v) is 2.68. The van der Waals surface area contributed by atoms with Gasteiger partial charge in [-0.25, -0.2) is 0 Å². The van der Waals surface area contributed by atoms with E-state index < -0.39 is 6.10 Å². The van der Waals surface area contributed by atoms with Gasteiger partial charge in [-0.1, -0.05) is 38.1 Å². The van der Waals surface area contributed by atoms with Crippen molar-refractivity contribution in [2.45, 2.75) is 33.1 Å². The van der Waals surface area contributed by atoms with E-state index >= 15 is 0 Å². The van der Waals surface area contributed by atoms with Crippen LogP contribution in [0, 0.1) is 5.92 Å². The molecule has 0 aliphatic rings. The Morgan fingerprint density at radius 1 is 1.11 bits per heavy atom. The summed E-state index contributed by atoms with van der Waals surface area (Å²) in [6.07, 6.45) is -0.476. The summed E-state index contributed by atoms with van der Waals surface area (Å²) in [5.41, 5.74) is 2.04. The molecular formula is C15H25NO3. The maximum Gasteiger partial charge on any atom is 0.0897 e. The molecule has 0 amide bonds. The van der Waals surface area contributed by atoms with Gasteiger partial charge >= 0.3 is 0 Å². The summed E-state index contributed by atoms with van der Waals surface area (Å²) in [7, 11) is 0. The van der Waals surface area contributed by atoms with Gasteiger partial charge in [-0.3, -0.25) is 0 Å². The number of benzene rings is 1. The average molecular weight is 267 g/mol. The molecule has 1 aromatic carbocycles. The van der Waals surface area contributed by atoms with Crippen LogP contribution in [0.4, 0.5) is 0 Å². The van der Waals surface area contributed by atoms with Crippen molar-refractivity contribution in [2.75, 3.05) is 19.8 Å². The third-order valence-electron chi connectivity index (χ3n) is 2.68. The minimum Gasteiger partial charge on any atom is -0.392 e. The van der Waals surface area contributed by atoms with Crippen molar-refractivity contribution >= 4 is 0 Å². The van der Waals surface area contributed by atoms with Crippen molar-refractivity contribution in [1.82, 2.24) is 5.32 Å². The van der Waals surface area contributed by atoms with Crippen molar-refractivity contribution in [3.05, 3.63) is 35.4 Å². The highest BCUT2D eigenvalue weighted by atomic mass is 16.5. The highest BCUT2D eigenvalue weighted by molar-refractivity contribution is 5.21. The van der Waals surface area contributed by atoms with Crippen LogP contribution in [0.1, 0.15) is 25.0 Å². The third kappa shape index (κ3) is 7.28. The predicted octanol–water partition coefficient (Wildman–Crippen LogP) is 1.30. The lowest BCUT2D eigenvalue weighted by molar-refractivity contribution is 0.0260. The summed E-state index contributed by atoms with van der Waals surface area (Å²) in [5, 5.41) is 21.8. The number of hydrogen-bond donors (Lipinski definition) is 3. The number of nitrogens with one attached hydrogen (secondary N) is 1. The molecule has 1 aromatic rings. The molecule has 0 aromatic heterocycles. The zero-order valence-corrected chi connectivity index (χ0v) is 11.8. The SMILES string of the molecule is CC(C)COCC(O)CNCc1ccc(CO)cc1. The van der Waals surface area contributed by atoms with E-state index in [1.54, 1.807) is 0 Å². The van der Waals surface area contributed by atoms with Crippen molar-refractivity contribution in [3.63, 3.8) is 0 Å². The van der Waals surface area contributed by atoms with Crippen LogP contribution in [0.5, 0.6) is 0 Å². The fourth-order valence-corrected chi connectivity index (χ4v) is 1.64. The Bertz CT molecular complexity index is 338. The molecule has 0 spiro atoms. The average Bonchev–Trinajstić information content (AvgIpc) is 2.39. The molecule has 4 heteroatoms. The van der Waals surface area contributed by atoms with Gasteiger partial charge in [-0.2, -0.15) is 0 Å². The summed E-state index contributed by atoms with van der Waals surface area (Å²) < 4.78 is 5.37. The number of rotatable bonds is 9. The van der Waals surface area contributed by atoms with Gasteiger partial charge < -0.3 is 20.3 Å². The number of aliphatic hydroxyl groups excluding tert-OH is 2. The number of aliphatic hydroxyl groups is 2. The second kappa shape index (κ2) is 9.04. The van der Waals surface area contributed by atoms with E-state index in [-0.39, 0.29) is 6.61 Å². The first kappa shape index (κ1) is 16.1. The highest BCUT2D eigenvalue weighted by Gasteiger charge is 2.04.